The third-order valence-corrected chi connectivity index (χ3v) is 9.38. The lowest BCUT2D eigenvalue weighted by molar-refractivity contribution is -0.0911. The van der Waals surface area contributed by atoms with Gasteiger partial charge in [0.2, 0.25) is 0 Å². The van der Waals surface area contributed by atoms with Crippen molar-refractivity contribution >= 4 is 40.4 Å². The molecule has 5 rings (SSSR count). The highest BCUT2D eigenvalue weighted by Gasteiger charge is 2.56. The van der Waals surface area contributed by atoms with Crippen molar-refractivity contribution in [2.45, 2.75) is 49.1 Å². The summed E-state index contributed by atoms with van der Waals surface area (Å²) in [6.07, 6.45) is -9.43. The average molecular weight is 621 g/mol. The lowest BCUT2D eigenvalue weighted by Gasteiger charge is -2.21. The Morgan fingerprint density at radius 2 is 1.62 bits per heavy atom. The standard InChI is InChI=1S/C15H22N5O16P3/c16-12-7-13(18-3-17-12)20(4-19-7)14-10(23)8(21)5(32-14)1-30-37(24,25)36-38(26,27)31-2-6-9(22)11-15(33-6)35-39(28,29)34-11/h3-6,8-11,14-15,21-23H,1-2H2,(H,24,25)(H,26,27)(H,28,29)(H2,16,17,18)/t5-,6-,8-,9-,10-,11-,14-,15-/m1/s1. The van der Waals surface area contributed by atoms with Crippen LogP contribution < -0.4 is 5.73 Å². The molecule has 3 aliphatic rings. The number of ether oxygens (including phenoxy) is 2. The SMILES string of the molecule is Nc1ncnc2c1ncn2[C@@H]1O[C@H](COP(=O)(O)OP(=O)(O)OC[C@H]2O[C@@H]3OP(=O)(O)O[C@@H]3[C@@H]2O)[C@@H](O)[C@H]1O. The number of aliphatic hydroxyl groups excluding tert-OH is 3. The molecule has 11 atom stereocenters. The highest BCUT2D eigenvalue weighted by molar-refractivity contribution is 7.61. The van der Waals surface area contributed by atoms with Crippen molar-refractivity contribution in [3.05, 3.63) is 12.7 Å². The van der Waals surface area contributed by atoms with Crippen molar-refractivity contribution < 1.29 is 75.6 Å². The Bertz CT molecular complexity index is 1380. The fraction of sp³-hybridized carbons (Fsp3) is 0.667. The summed E-state index contributed by atoms with van der Waals surface area (Å²) in [5.41, 5.74) is 6.08. The van der Waals surface area contributed by atoms with Crippen LogP contribution in [-0.2, 0) is 45.6 Å². The minimum atomic E-state index is -5.34. The summed E-state index contributed by atoms with van der Waals surface area (Å²) in [6.45, 7) is -1.79. The number of phosphoric ester groups is 3. The van der Waals surface area contributed by atoms with Crippen LogP contribution in [0.2, 0.25) is 0 Å². The molecule has 2 aromatic heterocycles. The molecule has 0 bridgehead atoms. The molecule has 39 heavy (non-hydrogen) atoms. The number of imidazole rings is 1. The van der Waals surface area contributed by atoms with Gasteiger partial charge in [-0.15, -0.1) is 0 Å². The first-order valence-electron chi connectivity index (χ1n) is 10.8. The van der Waals surface area contributed by atoms with Gasteiger partial charge in [0.25, 0.3) is 0 Å². The number of nitrogens with two attached hydrogens (primary N) is 1. The van der Waals surface area contributed by atoms with Gasteiger partial charge < -0.3 is 45.2 Å². The molecule has 0 aliphatic carbocycles. The van der Waals surface area contributed by atoms with Crippen LogP contribution >= 0.6 is 23.5 Å². The minimum Gasteiger partial charge on any atom is -0.387 e. The smallest absolute Gasteiger partial charge is 0.387 e. The fourth-order valence-corrected chi connectivity index (χ4v) is 7.12. The highest BCUT2D eigenvalue weighted by Crippen LogP contribution is 2.61. The maximum Gasteiger partial charge on any atom is 0.481 e. The van der Waals surface area contributed by atoms with Gasteiger partial charge >= 0.3 is 23.5 Å². The second-order valence-electron chi connectivity index (χ2n) is 8.42. The van der Waals surface area contributed by atoms with E-state index in [0.29, 0.717) is 0 Å². The molecule has 24 heteroatoms. The molecule has 2 aromatic rings. The number of rotatable bonds is 9. The molecule has 21 nitrogen and oxygen atoms in total. The van der Waals surface area contributed by atoms with E-state index in [1.807, 2.05) is 0 Å². The zero-order chi connectivity index (χ0) is 28.3. The summed E-state index contributed by atoms with van der Waals surface area (Å²) in [7, 11) is -15.1. The summed E-state index contributed by atoms with van der Waals surface area (Å²) in [4.78, 5) is 40.7. The summed E-state index contributed by atoms with van der Waals surface area (Å²) < 4.78 is 70.2. The molecule has 0 saturated carbocycles. The maximum atomic E-state index is 12.3. The van der Waals surface area contributed by atoms with Gasteiger partial charge in [0.15, 0.2) is 24.0 Å². The Morgan fingerprint density at radius 1 is 0.974 bits per heavy atom. The number of anilines is 1. The summed E-state index contributed by atoms with van der Waals surface area (Å²) in [6, 6.07) is 0. The maximum absolute atomic E-state index is 12.3. The number of hydrogen-bond donors (Lipinski definition) is 7. The van der Waals surface area contributed by atoms with Crippen LogP contribution in [-0.4, -0.2) is 106 Å². The van der Waals surface area contributed by atoms with Crippen LogP contribution in [0.25, 0.3) is 11.2 Å². The second-order valence-corrected chi connectivity index (χ2v) is 12.8. The van der Waals surface area contributed by atoms with E-state index >= 15 is 0 Å². The van der Waals surface area contributed by atoms with E-state index in [4.69, 9.17) is 15.2 Å². The van der Waals surface area contributed by atoms with E-state index in [9.17, 15) is 43.7 Å². The van der Waals surface area contributed by atoms with Crippen molar-refractivity contribution in [3.63, 3.8) is 0 Å². The Labute approximate surface area is 216 Å². The molecular weight excluding hydrogens is 599 g/mol. The number of aliphatic hydroxyl groups is 3. The number of aromatic nitrogens is 4. The van der Waals surface area contributed by atoms with Crippen LogP contribution in [0.3, 0.4) is 0 Å². The van der Waals surface area contributed by atoms with Crippen molar-refractivity contribution in [2.75, 3.05) is 18.9 Å². The molecule has 0 aromatic carbocycles. The number of fused-ring (bicyclic) bond motifs is 2. The summed E-state index contributed by atoms with van der Waals surface area (Å²) in [5.74, 6) is 0.0511. The van der Waals surface area contributed by atoms with Gasteiger partial charge in [-0.3, -0.25) is 22.7 Å². The first-order chi connectivity index (χ1) is 18.2. The number of nitrogens with zero attached hydrogens (tertiary/aromatic N) is 4. The zero-order valence-electron chi connectivity index (χ0n) is 19.2. The molecule has 3 aliphatic heterocycles. The van der Waals surface area contributed by atoms with E-state index in [2.05, 4.69) is 37.4 Å². The second kappa shape index (κ2) is 10.4. The van der Waals surface area contributed by atoms with Crippen LogP contribution in [0.4, 0.5) is 5.82 Å². The van der Waals surface area contributed by atoms with Crippen LogP contribution in [0.5, 0.6) is 0 Å². The van der Waals surface area contributed by atoms with Crippen molar-refractivity contribution in [1.29, 1.82) is 0 Å². The fourth-order valence-electron chi connectivity index (χ4n) is 4.01. The van der Waals surface area contributed by atoms with E-state index in [1.54, 1.807) is 0 Å². The van der Waals surface area contributed by atoms with Gasteiger partial charge in [-0.25, -0.2) is 28.6 Å². The third-order valence-electron chi connectivity index (χ3n) is 5.80. The van der Waals surface area contributed by atoms with E-state index < -0.39 is 85.8 Å². The molecule has 3 fully saturated rings. The van der Waals surface area contributed by atoms with Crippen molar-refractivity contribution in [3.8, 4) is 0 Å². The van der Waals surface area contributed by atoms with E-state index in [-0.39, 0.29) is 17.0 Å². The molecule has 0 radical (unpaired) electrons. The molecular formula is C15H22N5O16P3. The molecule has 3 saturated heterocycles. The lowest BCUT2D eigenvalue weighted by Crippen LogP contribution is -2.34. The number of hydrogen-bond acceptors (Lipinski definition) is 17. The van der Waals surface area contributed by atoms with E-state index in [1.165, 1.54) is 10.9 Å². The van der Waals surface area contributed by atoms with Crippen LogP contribution in [0, 0.1) is 0 Å². The largest absolute Gasteiger partial charge is 0.481 e. The summed E-state index contributed by atoms with van der Waals surface area (Å²) in [5, 5.41) is 30.8. The van der Waals surface area contributed by atoms with Crippen LogP contribution in [0.1, 0.15) is 6.23 Å². The molecule has 0 amide bonds. The monoisotopic (exact) mass is 621 g/mol. The molecule has 218 valence electrons. The average Bonchev–Trinajstić information content (AvgIpc) is 3.54. The van der Waals surface area contributed by atoms with Gasteiger partial charge in [-0.2, -0.15) is 4.31 Å². The Morgan fingerprint density at radius 3 is 2.26 bits per heavy atom. The van der Waals surface area contributed by atoms with Gasteiger partial charge in [0.05, 0.1) is 19.5 Å². The quantitative estimate of drug-likeness (QED) is 0.147. The minimum absolute atomic E-state index is 0.0511. The van der Waals surface area contributed by atoms with E-state index in [0.717, 1.165) is 6.33 Å². The van der Waals surface area contributed by atoms with Gasteiger partial charge in [-0.1, -0.05) is 0 Å². The Hall–Kier alpha value is -1.48. The number of phosphoric acid groups is 3. The Kier molecular flexibility index (Phi) is 7.75. The summed E-state index contributed by atoms with van der Waals surface area (Å²) >= 11 is 0. The molecule has 5 heterocycles. The third kappa shape index (κ3) is 5.95. The predicted octanol–water partition coefficient (Wildman–Crippen LogP) is -2.12. The van der Waals surface area contributed by atoms with Gasteiger partial charge in [-0.05, 0) is 0 Å². The Balaban J connectivity index is 1.15. The molecule has 0 spiro atoms. The molecule has 3 unspecified atom stereocenters. The first kappa shape index (κ1) is 29.0. The topological polar surface area (TPSA) is 307 Å². The van der Waals surface area contributed by atoms with Crippen LogP contribution in [0.15, 0.2) is 12.7 Å². The first-order valence-corrected chi connectivity index (χ1v) is 15.3. The normalized spacial score (nSPS) is 39.5. The van der Waals surface area contributed by atoms with Gasteiger partial charge in [0, 0.05) is 0 Å². The van der Waals surface area contributed by atoms with Crippen molar-refractivity contribution in [2.24, 2.45) is 0 Å². The highest BCUT2D eigenvalue weighted by atomic mass is 31.3. The number of nitrogen functional groups attached to an aromatic ring is 1. The predicted molar refractivity (Wildman–Crippen MR) is 119 cm³/mol. The van der Waals surface area contributed by atoms with Crippen molar-refractivity contribution in [1.82, 2.24) is 19.5 Å². The molecule has 8 N–H and O–H groups in total. The van der Waals surface area contributed by atoms with Gasteiger partial charge in [0.1, 0.15) is 48.5 Å². The lowest BCUT2D eigenvalue weighted by atomic mass is 10.1. The zero-order valence-corrected chi connectivity index (χ0v) is 21.8.